The Morgan fingerprint density at radius 1 is 1.35 bits per heavy atom. The van der Waals surface area contributed by atoms with Crippen LogP contribution < -0.4 is 4.90 Å². The van der Waals surface area contributed by atoms with Crippen LogP contribution in [0.4, 0.5) is 5.69 Å². The molecule has 1 aromatic rings. The molecule has 2 aliphatic rings. The van der Waals surface area contributed by atoms with Crippen molar-refractivity contribution in [2.24, 2.45) is 0 Å². The Balaban J connectivity index is 2.13. The van der Waals surface area contributed by atoms with E-state index in [4.69, 9.17) is 0 Å². The zero-order valence-corrected chi connectivity index (χ0v) is 10.4. The molecule has 2 nitrogen and oxygen atoms in total. The number of fused-ring (bicyclic) bond motifs is 2. The first-order valence-corrected chi connectivity index (χ1v) is 6.12. The summed E-state index contributed by atoms with van der Waals surface area (Å²) in [7, 11) is 0. The van der Waals surface area contributed by atoms with E-state index in [9.17, 15) is 4.79 Å². The van der Waals surface area contributed by atoms with Gasteiger partial charge in [0, 0.05) is 28.9 Å². The van der Waals surface area contributed by atoms with Crippen molar-refractivity contribution >= 4 is 11.5 Å². The van der Waals surface area contributed by atoms with Gasteiger partial charge in [0.15, 0.2) is 5.78 Å². The maximum atomic E-state index is 11.5. The van der Waals surface area contributed by atoms with Crippen molar-refractivity contribution in [2.45, 2.75) is 32.1 Å². The zero-order valence-electron chi connectivity index (χ0n) is 10.4. The van der Waals surface area contributed by atoms with Crippen molar-refractivity contribution in [1.29, 1.82) is 0 Å². The topological polar surface area (TPSA) is 20.3 Å². The molecular weight excluding hydrogens is 210 g/mol. The van der Waals surface area contributed by atoms with Crippen LogP contribution in [0.2, 0.25) is 0 Å². The third-order valence-electron chi connectivity index (χ3n) is 4.04. The van der Waals surface area contributed by atoms with Gasteiger partial charge in [-0.3, -0.25) is 4.79 Å². The summed E-state index contributed by atoms with van der Waals surface area (Å²) in [5, 5.41) is 0. The van der Waals surface area contributed by atoms with Crippen LogP contribution in [0.3, 0.4) is 0 Å². The molecule has 0 amide bonds. The van der Waals surface area contributed by atoms with E-state index < -0.39 is 0 Å². The molecule has 0 N–H and O–H groups in total. The lowest BCUT2D eigenvalue weighted by molar-refractivity contribution is 0.101. The number of rotatable bonds is 2. The van der Waals surface area contributed by atoms with Gasteiger partial charge in [-0.1, -0.05) is 18.7 Å². The van der Waals surface area contributed by atoms with Gasteiger partial charge in [0.1, 0.15) is 0 Å². The van der Waals surface area contributed by atoms with Crippen LogP contribution in [-0.2, 0) is 5.41 Å². The van der Waals surface area contributed by atoms with Gasteiger partial charge in [0.25, 0.3) is 0 Å². The smallest absolute Gasteiger partial charge is 0.159 e. The first kappa shape index (κ1) is 10.6. The van der Waals surface area contributed by atoms with E-state index in [1.165, 1.54) is 24.1 Å². The van der Waals surface area contributed by atoms with Gasteiger partial charge in [-0.05, 0) is 38.3 Å². The Morgan fingerprint density at radius 3 is 2.59 bits per heavy atom. The lowest BCUT2D eigenvalue weighted by Crippen LogP contribution is -2.21. The highest BCUT2D eigenvalue weighted by molar-refractivity contribution is 5.95. The van der Waals surface area contributed by atoms with E-state index in [-0.39, 0.29) is 5.78 Å². The second-order valence-corrected chi connectivity index (χ2v) is 5.39. The molecule has 3 rings (SSSR count). The fourth-order valence-corrected chi connectivity index (χ4v) is 2.81. The standard InChI is InChI=1S/C15H17NO/c1-10(2)16-9-15(6-7-15)13-5-4-12(11(3)17)8-14(13)16/h4-5,8H,1,6-7,9H2,2-3H3. The number of nitrogens with zero attached hydrogens (tertiary/aromatic N) is 1. The van der Waals surface area contributed by atoms with Gasteiger partial charge in [0.2, 0.25) is 0 Å². The summed E-state index contributed by atoms with van der Waals surface area (Å²) in [5.74, 6) is 0.131. The molecule has 1 aliphatic carbocycles. The van der Waals surface area contributed by atoms with Crippen LogP contribution in [0.15, 0.2) is 30.5 Å². The highest BCUT2D eigenvalue weighted by Crippen LogP contribution is 2.57. The first-order chi connectivity index (χ1) is 8.03. The minimum Gasteiger partial charge on any atom is -0.345 e. The number of benzene rings is 1. The number of Topliss-reactive ketones (excluding diaryl/α,β-unsaturated/α-hetero) is 1. The maximum Gasteiger partial charge on any atom is 0.159 e. The molecule has 2 heteroatoms. The highest BCUT2D eigenvalue weighted by Gasteiger charge is 2.51. The van der Waals surface area contributed by atoms with Crippen LogP contribution in [0, 0.1) is 0 Å². The monoisotopic (exact) mass is 227 g/mol. The maximum absolute atomic E-state index is 11.5. The van der Waals surface area contributed by atoms with Gasteiger partial charge in [-0.25, -0.2) is 0 Å². The lowest BCUT2D eigenvalue weighted by Gasteiger charge is -2.19. The average Bonchev–Trinajstić information content (AvgIpc) is 2.97. The van der Waals surface area contributed by atoms with Crippen LogP contribution in [-0.4, -0.2) is 12.3 Å². The molecule has 0 saturated heterocycles. The molecular formula is C15H17NO. The Labute approximate surface area is 102 Å². The van der Waals surface area contributed by atoms with E-state index >= 15 is 0 Å². The molecule has 1 aliphatic heterocycles. The second kappa shape index (κ2) is 3.22. The Kier molecular flexibility index (Phi) is 2.00. The van der Waals surface area contributed by atoms with E-state index in [1.807, 2.05) is 19.1 Å². The molecule has 1 spiro atoms. The first-order valence-electron chi connectivity index (χ1n) is 6.12. The molecule has 0 aromatic heterocycles. The third kappa shape index (κ3) is 1.43. The van der Waals surface area contributed by atoms with E-state index in [1.54, 1.807) is 6.92 Å². The number of hydrogen-bond acceptors (Lipinski definition) is 2. The van der Waals surface area contributed by atoms with E-state index in [0.717, 1.165) is 17.8 Å². The average molecular weight is 227 g/mol. The molecule has 17 heavy (non-hydrogen) atoms. The fraction of sp³-hybridized carbons (Fsp3) is 0.400. The van der Waals surface area contributed by atoms with Crippen LogP contribution in [0.25, 0.3) is 0 Å². The Bertz CT molecular complexity index is 526. The third-order valence-corrected chi connectivity index (χ3v) is 4.04. The summed E-state index contributed by atoms with van der Waals surface area (Å²) < 4.78 is 0. The zero-order chi connectivity index (χ0) is 12.2. The van der Waals surface area contributed by atoms with Crippen LogP contribution in [0.5, 0.6) is 0 Å². The summed E-state index contributed by atoms with van der Waals surface area (Å²) in [6.07, 6.45) is 2.53. The minimum absolute atomic E-state index is 0.131. The van der Waals surface area contributed by atoms with Gasteiger partial charge in [-0.15, -0.1) is 0 Å². The molecule has 88 valence electrons. The number of hydrogen-bond donors (Lipinski definition) is 0. The van der Waals surface area contributed by atoms with Gasteiger partial charge in [0.05, 0.1) is 0 Å². The molecule has 1 heterocycles. The number of carbonyl (C=O) groups excluding carboxylic acids is 1. The number of carbonyl (C=O) groups is 1. The van der Waals surface area contributed by atoms with Crippen molar-refractivity contribution in [1.82, 2.24) is 0 Å². The summed E-state index contributed by atoms with van der Waals surface area (Å²) in [6.45, 7) is 8.74. The Morgan fingerprint density at radius 2 is 2.06 bits per heavy atom. The summed E-state index contributed by atoms with van der Waals surface area (Å²) >= 11 is 0. The van der Waals surface area contributed by atoms with Crippen molar-refractivity contribution in [3.8, 4) is 0 Å². The largest absolute Gasteiger partial charge is 0.345 e. The fourth-order valence-electron chi connectivity index (χ4n) is 2.81. The van der Waals surface area contributed by atoms with Crippen molar-refractivity contribution in [3.05, 3.63) is 41.6 Å². The van der Waals surface area contributed by atoms with Gasteiger partial charge >= 0.3 is 0 Å². The summed E-state index contributed by atoms with van der Waals surface area (Å²) in [4.78, 5) is 13.7. The van der Waals surface area contributed by atoms with Gasteiger partial charge < -0.3 is 4.90 Å². The van der Waals surface area contributed by atoms with Crippen LogP contribution in [0.1, 0.15) is 42.6 Å². The molecule has 1 aromatic carbocycles. The quantitative estimate of drug-likeness (QED) is 0.723. The van der Waals surface area contributed by atoms with E-state index in [2.05, 4.69) is 17.5 Å². The number of ketones is 1. The van der Waals surface area contributed by atoms with Crippen molar-refractivity contribution in [2.75, 3.05) is 11.4 Å². The van der Waals surface area contributed by atoms with Crippen LogP contribution >= 0.6 is 0 Å². The molecule has 0 radical (unpaired) electrons. The summed E-state index contributed by atoms with van der Waals surface area (Å²) in [6, 6.07) is 6.13. The molecule has 0 atom stereocenters. The lowest BCUT2D eigenvalue weighted by atomic mass is 9.97. The predicted molar refractivity (Wildman–Crippen MR) is 69.5 cm³/mol. The predicted octanol–water partition coefficient (Wildman–Crippen LogP) is 3.27. The normalized spacial score (nSPS) is 19.3. The second-order valence-electron chi connectivity index (χ2n) is 5.39. The number of anilines is 1. The number of allylic oxidation sites excluding steroid dienone is 1. The molecule has 1 saturated carbocycles. The molecule has 0 unspecified atom stereocenters. The molecule has 0 bridgehead atoms. The van der Waals surface area contributed by atoms with Gasteiger partial charge in [-0.2, -0.15) is 0 Å². The Hall–Kier alpha value is -1.57. The summed E-state index contributed by atoms with van der Waals surface area (Å²) in [5.41, 5.74) is 4.83. The SMILES string of the molecule is C=C(C)N1CC2(CC2)c2ccc(C(C)=O)cc21. The van der Waals surface area contributed by atoms with E-state index in [0.29, 0.717) is 5.41 Å². The highest BCUT2D eigenvalue weighted by atomic mass is 16.1. The minimum atomic E-state index is 0.131. The van der Waals surface area contributed by atoms with Crippen molar-refractivity contribution < 1.29 is 4.79 Å². The van der Waals surface area contributed by atoms with Crippen molar-refractivity contribution in [3.63, 3.8) is 0 Å². The molecule has 1 fully saturated rings.